The Kier molecular flexibility index (Phi) is 15.0. The van der Waals surface area contributed by atoms with Crippen LogP contribution in [0.5, 0.6) is 0 Å². The van der Waals surface area contributed by atoms with E-state index >= 15 is 0 Å². The monoisotopic (exact) mass is 612 g/mol. The van der Waals surface area contributed by atoms with Crippen LogP contribution >= 0.6 is 0 Å². The van der Waals surface area contributed by atoms with Gasteiger partial charge in [0.05, 0.1) is 52.9 Å². The van der Waals surface area contributed by atoms with E-state index in [0.29, 0.717) is 82.1 Å². The third-order valence-corrected chi connectivity index (χ3v) is 11.3. The smallest absolute Gasteiger partial charge is 0.406 e. The fraction of sp³-hybridized carbons (Fsp3) is 0.939. The summed E-state index contributed by atoms with van der Waals surface area (Å²) >= 11 is 0. The molecule has 0 aromatic heterocycles. The molecule has 0 aromatic carbocycles. The molecule has 0 radical (unpaired) electrons. The number of hydrogen-bond donors (Lipinski definition) is 4. The predicted octanol–water partition coefficient (Wildman–Crippen LogP) is 3.92. The van der Waals surface area contributed by atoms with Crippen molar-refractivity contribution in [1.82, 2.24) is 10.6 Å². The highest BCUT2D eigenvalue weighted by molar-refractivity contribution is 5.75. The summed E-state index contributed by atoms with van der Waals surface area (Å²) in [4.78, 5) is 23.5. The van der Waals surface area contributed by atoms with Gasteiger partial charge >= 0.3 is 6.09 Å². The van der Waals surface area contributed by atoms with Gasteiger partial charge in [-0.25, -0.2) is 4.79 Å². The summed E-state index contributed by atoms with van der Waals surface area (Å²) in [5, 5.41) is 25.3. The lowest BCUT2D eigenvalue weighted by molar-refractivity contribution is -0.122. The Labute approximate surface area is 259 Å². The minimum absolute atomic E-state index is 0.0729. The average Bonchev–Trinajstić information content (AvgIpc) is 3.36. The number of methoxy groups -OCH3 is 1. The number of amides is 2. The minimum atomic E-state index is -0.477. The van der Waals surface area contributed by atoms with Crippen LogP contribution in [0.2, 0.25) is 0 Å². The summed E-state index contributed by atoms with van der Waals surface area (Å²) in [5.74, 6) is 2.56. The van der Waals surface area contributed by atoms with Crippen molar-refractivity contribution in [3.8, 4) is 0 Å². The second-order valence-electron chi connectivity index (χ2n) is 13.7. The summed E-state index contributed by atoms with van der Waals surface area (Å²) in [5.41, 5.74) is 0.471. The van der Waals surface area contributed by atoms with Gasteiger partial charge in [-0.3, -0.25) is 4.79 Å². The van der Waals surface area contributed by atoms with Crippen molar-refractivity contribution in [3.63, 3.8) is 0 Å². The zero-order valence-electron chi connectivity index (χ0n) is 27.2. The summed E-state index contributed by atoms with van der Waals surface area (Å²) in [7, 11) is 1.32. The topological polar surface area (TPSA) is 136 Å². The lowest BCUT2D eigenvalue weighted by Crippen LogP contribution is -2.49. The molecule has 0 aliphatic heterocycles. The molecule has 43 heavy (non-hydrogen) atoms. The molecule has 6 atom stereocenters. The van der Waals surface area contributed by atoms with Crippen LogP contribution in [0, 0.1) is 40.4 Å². The predicted molar refractivity (Wildman–Crippen MR) is 164 cm³/mol. The van der Waals surface area contributed by atoms with E-state index in [9.17, 15) is 14.7 Å². The first-order valence-electron chi connectivity index (χ1n) is 16.8. The number of aliphatic hydroxyl groups is 2. The number of hydrogen-bond acceptors (Lipinski definition) is 8. The van der Waals surface area contributed by atoms with Crippen LogP contribution in [-0.4, -0.2) is 94.8 Å². The van der Waals surface area contributed by atoms with Crippen LogP contribution in [0.15, 0.2) is 0 Å². The van der Waals surface area contributed by atoms with Crippen molar-refractivity contribution in [1.29, 1.82) is 0 Å². The van der Waals surface area contributed by atoms with E-state index in [0.717, 1.165) is 32.1 Å². The molecule has 3 rings (SSSR count). The number of alkyl carbamates (subject to hydrolysis) is 1. The Morgan fingerprint density at radius 2 is 1.53 bits per heavy atom. The molecule has 3 saturated carbocycles. The summed E-state index contributed by atoms with van der Waals surface area (Å²) in [6, 6.07) is 0. The third kappa shape index (κ3) is 10.0. The quantitative estimate of drug-likeness (QED) is 0.171. The first-order valence-corrected chi connectivity index (χ1v) is 16.8. The van der Waals surface area contributed by atoms with Gasteiger partial charge in [0.1, 0.15) is 0 Å². The molecule has 10 heteroatoms. The molecule has 4 N–H and O–H groups in total. The first kappa shape index (κ1) is 36.0. The molecule has 3 aliphatic rings. The van der Waals surface area contributed by atoms with E-state index in [2.05, 4.69) is 36.1 Å². The molecule has 10 nitrogen and oxygen atoms in total. The van der Waals surface area contributed by atoms with Crippen LogP contribution in [0.3, 0.4) is 0 Å². The maximum Gasteiger partial charge on any atom is 0.406 e. The van der Waals surface area contributed by atoms with Gasteiger partial charge in [-0.05, 0) is 98.2 Å². The summed E-state index contributed by atoms with van der Waals surface area (Å²) < 4.78 is 21.2. The average molecular weight is 613 g/mol. The Balaban J connectivity index is 1.36. The van der Waals surface area contributed by atoms with Gasteiger partial charge in [0.2, 0.25) is 5.91 Å². The Bertz CT molecular complexity index is 836. The molecule has 0 aromatic rings. The van der Waals surface area contributed by atoms with Crippen LogP contribution < -0.4 is 10.6 Å². The number of carbonyl (C=O) groups is 2. The highest BCUT2D eigenvalue weighted by atomic mass is 16.5. The molecule has 3 aliphatic carbocycles. The largest absolute Gasteiger partial charge is 0.453 e. The van der Waals surface area contributed by atoms with Gasteiger partial charge < -0.3 is 39.8 Å². The van der Waals surface area contributed by atoms with Crippen molar-refractivity contribution < 1.29 is 38.7 Å². The highest BCUT2D eigenvalue weighted by Crippen LogP contribution is 2.64. The van der Waals surface area contributed by atoms with Crippen molar-refractivity contribution in [2.45, 2.75) is 91.1 Å². The lowest BCUT2D eigenvalue weighted by atomic mass is 9.50. The van der Waals surface area contributed by atoms with Crippen LogP contribution in [0.1, 0.15) is 85.0 Å². The van der Waals surface area contributed by atoms with Gasteiger partial charge in [-0.15, -0.1) is 0 Å². The second-order valence-corrected chi connectivity index (χ2v) is 13.7. The van der Waals surface area contributed by atoms with E-state index in [4.69, 9.17) is 19.3 Å². The first-order chi connectivity index (χ1) is 20.7. The van der Waals surface area contributed by atoms with Gasteiger partial charge in [0.15, 0.2) is 0 Å². The Hall–Kier alpha value is -1.46. The summed E-state index contributed by atoms with van der Waals surface area (Å²) in [6.07, 6.45) is 10.3. The van der Waals surface area contributed by atoms with Gasteiger partial charge in [0.25, 0.3) is 0 Å². The number of ether oxygens (including phenoxy) is 4. The number of aliphatic hydroxyl groups excluding tert-OH is 2. The van der Waals surface area contributed by atoms with Crippen LogP contribution in [0.4, 0.5) is 4.79 Å². The highest BCUT2D eigenvalue weighted by Gasteiger charge is 2.57. The fourth-order valence-corrected chi connectivity index (χ4v) is 8.92. The molecule has 2 amide bonds. The van der Waals surface area contributed by atoms with E-state index in [1.54, 1.807) is 0 Å². The van der Waals surface area contributed by atoms with E-state index in [1.807, 2.05) is 0 Å². The van der Waals surface area contributed by atoms with Crippen LogP contribution in [0.25, 0.3) is 0 Å². The van der Waals surface area contributed by atoms with Gasteiger partial charge in [-0.1, -0.05) is 20.8 Å². The number of fused-ring (bicyclic) bond motifs is 1. The second kappa shape index (κ2) is 17.9. The standard InChI is InChI=1S/C33H60N2O8/c1-24(5-8-30(38)34-15-18-41-21-22-42-19-16-35-31(39)40-4)27-6-7-29-26(23-37)28(11-14-33(27,29)3)32(2)12-9-25(10-13-32)43-20-17-36/h24-29,36-37H,5-23H2,1-4H3,(H,34,38)(H,35,39)/t24-,25?,26?,27?,28?,29?,32?,33?/m1/s1. The number of nitrogens with one attached hydrogen (secondary N) is 2. The molecule has 250 valence electrons. The van der Waals surface area contributed by atoms with E-state index < -0.39 is 6.09 Å². The maximum absolute atomic E-state index is 12.6. The number of rotatable bonds is 18. The molecule has 0 saturated heterocycles. The third-order valence-electron chi connectivity index (χ3n) is 11.3. The molecule has 0 spiro atoms. The molecule has 0 bridgehead atoms. The van der Waals surface area contributed by atoms with E-state index in [-0.39, 0.29) is 36.1 Å². The van der Waals surface area contributed by atoms with E-state index in [1.165, 1.54) is 32.8 Å². The van der Waals surface area contributed by atoms with Crippen molar-refractivity contribution in [2.24, 2.45) is 40.4 Å². The zero-order valence-corrected chi connectivity index (χ0v) is 27.2. The molecule has 3 fully saturated rings. The molecule has 0 heterocycles. The molecule has 5 unspecified atom stereocenters. The number of carbonyl (C=O) groups excluding carboxylic acids is 2. The van der Waals surface area contributed by atoms with Crippen molar-refractivity contribution >= 4 is 12.0 Å². The zero-order chi connectivity index (χ0) is 31.3. The van der Waals surface area contributed by atoms with Crippen LogP contribution in [-0.2, 0) is 23.7 Å². The minimum Gasteiger partial charge on any atom is -0.453 e. The fourth-order valence-electron chi connectivity index (χ4n) is 8.92. The molecular formula is C33H60N2O8. The van der Waals surface area contributed by atoms with Gasteiger partial charge in [-0.2, -0.15) is 0 Å². The Morgan fingerprint density at radius 1 is 0.860 bits per heavy atom. The van der Waals surface area contributed by atoms with Crippen molar-refractivity contribution in [2.75, 3.05) is 66.4 Å². The maximum atomic E-state index is 12.6. The van der Waals surface area contributed by atoms with Gasteiger partial charge in [0, 0.05) is 26.1 Å². The normalized spacial score (nSPS) is 33.0. The Morgan fingerprint density at radius 3 is 2.16 bits per heavy atom. The summed E-state index contributed by atoms with van der Waals surface area (Å²) in [6.45, 7) is 10.6. The molecular weight excluding hydrogens is 552 g/mol. The SMILES string of the molecule is COC(=O)NCCOCCOCCNC(=O)CC[C@@H](C)C1CCC2C(CO)C(C3(C)CCC(OCCO)CC3)CCC21C. The lowest BCUT2D eigenvalue weighted by Gasteiger charge is -2.55. The van der Waals surface area contributed by atoms with Crippen molar-refractivity contribution in [3.05, 3.63) is 0 Å².